The lowest BCUT2D eigenvalue weighted by Crippen LogP contribution is -2.00. The topological polar surface area (TPSA) is 129 Å². The van der Waals surface area contributed by atoms with Gasteiger partial charge < -0.3 is 0 Å². The van der Waals surface area contributed by atoms with Crippen molar-refractivity contribution in [1.29, 1.82) is 0 Å². The highest BCUT2D eigenvalue weighted by atomic mass is 15.0. The minimum absolute atomic E-state index is 0.628. The largest absolute Gasteiger partial charge is 0.256 e. The summed E-state index contributed by atoms with van der Waals surface area (Å²) >= 11 is 0. The number of pyridine rings is 2. The van der Waals surface area contributed by atoms with E-state index in [1.807, 2.05) is 54.9 Å². The van der Waals surface area contributed by atoms with Gasteiger partial charge in [-0.05, 0) is 201 Å². The average Bonchev–Trinajstić information content (AvgIpc) is 0.752. The summed E-state index contributed by atoms with van der Waals surface area (Å²) < 4.78 is 0. The van der Waals surface area contributed by atoms with Crippen molar-refractivity contribution in [2.45, 2.75) is 34.6 Å². The molecule has 0 saturated heterocycles. The molecule has 5 heterocycles. The fraction of sp³-hybridized carbons (Fsp3) is 0.0394. The molecule has 0 radical (unpaired) electrons. The van der Waals surface area contributed by atoms with Gasteiger partial charge in [0.15, 0.2) is 40.8 Å². The van der Waals surface area contributed by atoms with E-state index in [4.69, 9.17) is 39.9 Å². The number of benzene rings is 18. The molecule has 18 aromatic carbocycles. The molecule has 10 nitrogen and oxygen atoms in total. The van der Waals surface area contributed by atoms with E-state index in [0.29, 0.717) is 40.8 Å². The van der Waals surface area contributed by atoms with Crippen LogP contribution in [0.4, 0.5) is 0 Å². The van der Waals surface area contributed by atoms with Crippen LogP contribution in [0.15, 0.2) is 467 Å². The maximum absolute atomic E-state index is 5.24. The number of fused-ring (bicyclic) bond motifs is 4. The molecule has 0 N–H and O–H groups in total. The van der Waals surface area contributed by atoms with Gasteiger partial charge in [-0.25, -0.2) is 39.9 Å². The predicted octanol–water partition coefficient (Wildman–Crippen LogP) is 32.4. The lowest BCUT2D eigenvalue weighted by atomic mass is 9.93. The molecular weight excluding hydrogens is 1670 g/mol. The number of hydrogen-bond acceptors (Lipinski definition) is 10. The smallest absolute Gasteiger partial charge is 0.164 e. The first-order valence-corrected chi connectivity index (χ1v) is 46.2. The summed E-state index contributed by atoms with van der Waals surface area (Å²) in [7, 11) is 0. The van der Waals surface area contributed by atoms with Gasteiger partial charge in [0.25, 0.3) is 0 Å². The van der Waals surface area contributed by atoms with E-state index in [2.05, 4.69) is 457 Å². The van der Waals surface area contributed by atoms with E-state index < -0.39 is 0 Å². The summed E-state index contributed by atoms with van der Waals surface area (Å²) in [5, 5.41) is 5.96. The first-order valence-electron chi connectivity index (χ1n) is 46.2. The van der Waals surface area contributed by atoms with Gasteiger partial charge in [-0.1, -0.05) is 416 Å². The summed E-state index contributed by atoms with van der Waals surface area (Å²) in [5.74, 6) is 4.51. The number of aromatic nitrogens is 10. The molecule has 0 aliphatic rings. The van der Waals surface area contributed by atoms with Crippen molar-refractivity contribution < 1.29 is 0 Å². The van der Waals surface area contributed by atoms with Crippen LogP contribution in [0.2, 0.25) is 0 Å². The van der Waals surface area contributed by atoms with Crippen LogP contribution in [0.5, 0.6) is 0 Å². The van der Waals surface area contributed by atoms with E-state index in [-0.39, 0.29) is 0 Å². The van der Waals surface area contributed by atoms with Crippen molar-refractivity contribution in [1.82, 2.24) is 49.8 Å². The first-order chi connectivity index (χ1) is 67.3. The molecule has 0 saturated carbocycles. The van der Waals surface area contributed by atoms with Gasteiger partial charge in [-0.15, -0.1) is 0 Å². The minimum Gasteiger partial charge on any atom is -0.256 e. The van der Waals surface area contributed by atoms with Crippen LogP contribution in [0.3, 0.4) is 0 Å². The Morgan fingerprint density at radius 1 is 0.139 bits per heavy atom. The summed E-state index contributed by atoms with van der Waals surface area (Å²) in [5.41, 5.74) is 35.8. The molecule has 0 spiro atoms. The second-order valence-corrected chi connectivity index (χ2v) is 34.7. The summed E-state index contributed by atoms with van der Waals surface area (Å²) in [4.78, 5) is 49.6. The maximum atomic E-state index is 5.24. The highest BCUT2D eigenvalue weighted by Gasteiger charge is 2.21. The van der Waals surface area contributed by atoms with Crippen LogP contribution in [0.25, 0.3) is 224 Å². The Bertz CT molecular complexity index is 8030. The molecule has 0 amide bonds. The van der Waals surface area contributed by atoms with Gasteiger partial charge in [-0.3, -0.25) is 9.97 Å². The van der Waals surface area contributed by atoms with E-state index in [1.165, 1.54) is 71.6 Å². The van der Waals surface area contributed by atoms with Crippen molar-refractivity contribution in [2.24, 2.45) is 0 Å². The molecule has 0 bridgehead atoms. The van der Waals surface area contributed by atoms with Crippen molar-refractivity contribution in [3.63, 3.8) is 0 Å². The summed E-state index contributed by atoms with van der Waals surface area (Å²) in [6.45, 7) is 10.5. The Kier molecular flexibility index (Phi) is 24.4. The third-order valence-electron chi connectivity index (χ3n) is 25.0. The number of hydrogen-bond donors (Lipinski definition) is 0. The zero-order valence-corrected chi connectivity index (χ0v) is 76.4. The molecule has 5 aromatic heterocycles. The molecule has 0 aliphatic heterocycles. The van der Waals surface area contributed by atoms with E-state index in [0.717, 1.165) is 139 Å². The molecule has 0 atom stereocenters. The summed E-state index contributed by atoms with van der Waals surface area (Å²) in [6.07, 6.45) is 3.64. The fourth-order valence-corrected chi connectivity index (χ4v) is 17.6. The molecule has 23 aromatic rings. The van der Waals surface area contributed by atoms with Crippen LogP contribution >= 0.6 is 0 Å². The normalized spacial score (nSPS) is 11.1. The van der Waals surface area contributed by atoms with E-state index >= 15 is 0 Å². The van der Waals surface area contributed by atoms with Gasteiger partial charge in [0.05, 0.1) is 22.6 Å². The summed E-state index contributed by atoms with van der Waals surface area (Å²) in [6, 6.07) is 159. The number of aryl methyl sites for hydroxylation is 5. The highest BCUT2D eigenvalue weighted by molar-refractivity contribution is 6.14. The van der Waals surface area contributed by atoms with Crippen molar-refractivity contribution in [2.75, 3.05) is 0 Å². The molecule has 650 valence electrons. The average molecular weight is 1760 g/mol. The quantitative estimate of drug-likeness (QED) is 0.0813. The molecule has 137 heavy (non-hydrogen) atoms. The standard InChI is InChI=1S/C44H32N4.C43H30N2.C40H30N4/c1-29-9-3-11-33(25-29)35-13-5-15-37(27-35)43-46-42(32-22-20-31(21-23-32)39-17-7-19-41-40(39)18-8-24-45-41)47-44(48-43)38-16-6-14-36(28-38)34-12-4-10-30(2)26-34;1-29-20-22-32(23-21-29)43-44-41(28-42(45-43)40-27-33-16-8-9-17-37(33)38-18-10-11-19-39(38)40)36-25-34(30-12-4-2-5-13-30)24-35(26-36)31-14-6-3-7-15-31;1-27-6-10-29(11-7-27)31-14-20-34(21-15-31)38-42-39(35-22-16-32(17-23-35)30-12-8-28(2)9-13-30)44-40(43-38)36-24-18-33(19-25-36)37-5-3-4-26-41-37/h3-28H,1-2H3;2-28H,1H3;3-26H,1-2H3. The van der Waals surface area contributed by atoms with Crippen LogP contribution in [-0.4, -0.2) is 49.8 Å². The zero-order chi connectivity index (χ0) is 92.5. The number of rotatable bonds is 17. The maximum Gasteiger partial charge on any atom is 0.164 e. The van der Waals surface area contributed by atoms with Crippen LogP contribution < -0.4 is 0 Å². The molecule has 10 heteroatoms. The Morgan fingerprint density at radius 2 is 0.467 bits per heavy atom. The van der Waals surface area contributed by atoms with Crippen molar-refractivity contribution in [3.05, 3.63) is 495 Å². The lowest BCUT2D eigenvalue weighted by molar-refractivity contribution is 1.07. The van der Waals surface area contributed by atoms with Crippen LogP contribution in [0.1, 0.15) is 27.8 Å². The Hall–Kier alpha value is -17.9. The number of nitrogens with zero attached hydrogens (tertiary/aromatic N) is 10. The SMILES string of the molecule is Cc1ccc(-c2ccc(-c3nc(-c4ccc(-c5ccc(C)cc5)cc4)nc(-c4ccc(-c5ccccn5)cc4)n3)cc2)cc1.Cc1ccc(-c2nc(-c3cc(-c4ccccc4)cc(-c4ccccc4)c3)cc(-c3cc4ccccc4c4ccccc34)n2)cc1.Cc1cccc(-c2cccc(-c3nc(-c4ccc(-c5cccc6ncccc56)cc4)nc(-c4cccc(-c5cccc(C)c5)c4)n3)c2)c1. The molecule has 0 fully saturated rings. The Labute approximate surface area is 798 Å². The van der Waals surface area contributed by atoms with E-state index in [9.17, 15) is 0 Å². The molecular formula is C127H92N10. The fourth-order valence-electron chi connectivity index (χ4n) is 17.6. The molecule has 0 unspecified atom stereocenters. The lowest BCUT2D eigenvalue weighted by Gasteiger charge is -2.15. The van der Waals surface area contributed by atoms with Crippen LogP contribution in [0, 0.1) is 34.6 Å². The van der Waals surface area contributed by atoms with Crippen molar-refractivity contribution >= 4 is 32.4 Å². The zero-order valence-electron chi connectivity index (χ0n) is 76.4. The Balaban J connectivity index is 0.000000123. The molecule has 23 rings (SSSR count). The van der Waals surface area contributed by atoms with Gasteiger partial charge in [0.1, 0.15) is 0 Å². The highest BCUT2D eigenvalue weighted by Crippen LogP contribution is 2.42. The molecule has 0 aliphatic carbocycles. The van der Waals surface area contributed by atoms with Gasteiger partial charge >= 0.3 is 0 Å². The third kappa shape index (κ3) is 19.3. The predicted molar refractivity (Wildman–Crippen MR) is 566 cm³/mol. The Morgan fingerprint density at radius 3 is 0.942 bits per heavy atom. The first kappa shape index (κ1) is 85.9. The van der Waals surface area contributed by atoms with Crippen molar-refractivity contribution in [3.8, 4) is 191 Å². The monoisotopic (exact) mass is 1760 g/mol. The third-order valence-corrected chi connectivity index (χ3v) is 25.0. The minimum atomic E-state index is 0.628. The second kappa shape index (κ2) is 38.9. The van der Waals surface area contributed by atoms with Gasteiger partial charge in [0, 0.05) is 73.4 Å². The van der Waals surface area contributed by atoms with Gasteiger partial charge in [-0.2, -0.15) is 0 Å². The van der Waals surface area contributed by atoms with E-state index in [1.54, 1.807) is 0 Å². The second-order valence-electron chi connectivity index (χ2n) is 34.7. The van der Waals surface area contributed by atoms with Gasteiger partial charge in [0.2, 0.25) is 0 Å². The van der Waals surface area contributed by atoms with Crippen LogP contribution in [-0.2, 0) is 0 Å².